The Hall–Kier alpha value is -7.11. The van der Waals surface area contributed by atoms with Gasteiger partial charge in [0.25, 0.3) is 0 Å². The first kappa shape index (κ1) is 29.2. The van der Waals surface area contributed by atoms with Crippen LogP contribution in [0.5, 0.6) is 11.5 Å². The van der Waals surface area contributed by atoms with Gasteiger partial charge in [0.05, 0.1) is 28.1 Å². The molecule has 0 fully saturated rings. The molecule has 0 atom stereocenters. The summed E-state index contributed by atoms with van der Waals surface area (Å²) in [6.07, 6.45) is 1.87. The summed E-state index contributed by atoms with van der Waals surface area (Å²) in [5.74, 6) is 2.08. The number of ether oxygens (including phenoxy) is 1. The monoisotopic (exact) mass is 803 g/mol. The summed E-state index contributed by atoms with van der Waals surface area (Å²) >= 11 is 0. The second-order valence-electron chi connectivity index (χ2n) is 16.9. The highest BCUT2D eigenvalue weighted by molar-refractivity contribution is 6.09. The van der Waals surface area contributed by atoms with E-state index in [4.69, 9.17) is 22.1 Å². The molecule has 1 aliphatic rings. The van der Waals surface area contributed by atoms with Crippen LogP contribution in [-0.2, 0) is 5.41 Å². The molecule has 0 N–H and O–H groups in total. The Morgan fingerprint density at radius 3 is 1.90 bits per heavy atom. The van der Waals surface area contributed by atoms with Gasteiger partial charge in [-0.1, -0.05) is 134 Å². The number of hydrogen-bond acceptors (Lipinski definition) is 4. The van der Waals surface area contributed by atoms with Crippen molar-refractivity contribution in [2.75, 3.05) is 16.5 Å². The highest BCUT2D eigenvalue weighted by Gasteiger charge is 2.31. The Morgan fingerprint density at radius 1 is 0.557 bits per heavy atom. The van der Waals surface area contributed by atoms with E-state index in [-0.39, 0.29) is 28.8 Å². The number of aromatic nitrogens is 2. The fraction of sp³-hybridized carbons (Fsp3) is 0.161. The van der Waals surface area contributed by atoms with E-state index in [1.165, 1.54) is 23.8 Å². The normalized spacial score (nSPS) is 15.5. The van der Waals surface area contributed by atoms with Gasteiger partial charge in [0.2, 0.25) is 0 Å². The molecule has 1 aliphatic heterocycles. The summed E-state index contributed by atoms with van der Waals surface area (Å²) in [5, 5.41) is 2.19. The second-order valence-corrected chi connectivity index (χ2v) is 16.9. The molecule has 0 saturated heterocycles. The van der Waals surface area contributed by atoms with Gasteiger partial charge >= 0.3 is 0 Å². The number of nitrogens with zero attached hydrogens (tertiary/aromatic N) is 4. The van der Waals surface area contributed by atoms with E-state index >= 15 is 0 Å². The van der Waals surface area contributed by atoms with Gasteiger partial charge in [-0.25, -0.2) is 4.98 Å². The molecule has 0 aliphatic carbocycles. The standard InChI is InChI=1S/C56H50N4O/c1-36-26-37(2)29-40(28-36)46-17-13-18-47(41-30-38(3)27-39(4)31-41)55(46)59-35-58(51-20-10-11-21-52(51)59)43-14-12-15-44(33-43)61-45-22-23-49-48-16-8-9-19-50(48)60(53(49)34-45)54-32-42(24-25-57-54)56(5,6)7/h8-34H,35H2,1-7H3/i1D3,2D3,3D3. The molecule has 0 bridgehead atoms. The number of para-hydroxylation sites is 4. The second kappa shape index (κ2) is 14.9. The first-order valence-electron chi connectivity index (χ1n) is 25.0. The van der Waals surface area contributed by atoms with Gasteiger partial charge in [0.15, 0.2) is 0 Å². The van der Waals surface area contributed by atoms with Crippen molar-refractivity contribution in [3.05, 3.63) is 192 Å². The van der Waals surface area contributed by atoms with Crippen LogP contribution in [0.1, 0.15) is 60.9 Å². The van der Waals surface area contributed by atoms with Crippen molar-refractivity contribution in [3.63, 3.8) is 0 Å². The molecular formula is C56H50N4O. The Kier molecular flexibility index (Phi) is 7.11. The van der Waals surface area contributed by atoms with Gasteiger partial charge < -0.3 is 14.5 Å². The topological polar surface area (TPSA) is 33.5 Å². The lowest BCUT2D eigenvalue weighted by atomic mass is 9.88. The quantitative estimate of drug-likeness (QED) is 0.161. The minimum atomic E-state index is -2.59. The molecule has 5 nitrogen and oxygen atoms in total. The summed E-state index contributed by atoms with van der Waals surface area (Å²) in [6, 6.07) is 49.7. The molecular weight excluding hydrogens is 745 g/mol. The molecule has 10 rings (SSSR count). The Bertz CT molecular complexity index is 3460. The molecule has 0 spiro atoms. The van der Waals surface area contributed by atoms with Crippen molar-refractivity contribution in [3.8, 4) is 39.6 Å². The molecule has 2 aromatic heterocycles. The number of aryl methyl sites for hydroxylation is 4. The van der Waals surface area contributed by atoms with Crippen molar-refractivity contribution in [2.24, 2.45) is 0 Å². The highest BCUT2D eigenvalue weighted by atomic mass is 16.5. The predicted octanol–water partition coefficient (Wildman–Crippen LogP) is 15.1. The lowest BCUT2D eigenvalue weighted by Gasteiger charge is -2.27. The van der Waals surface area contributed by atoms with E-state index in [0.717, 1.165) is 50.2 Å². The predicted molar refractivity (Wildman–Crippen MR) is 256 cm³/mol. The third-order valence-corrected chi connectivity index (χ3v) is 11.5. The Morgan fingerprint density at radius 2 is 1.18 bits per heavy atom. The zero-order valence-electron chi connectivity index (χ0n) is 43.5. The lowest BCUT2D eigenvalue weighted by Crippen LogP contribution is -2.25. The zero-order chi connectivity index (χ0) is 49.5. The van der Waals surface area contributed by atoms with Crippen LogP contribution in [0, 0.1) is 27.5 Å². The van der Waals surface area contributed by atoms with Gasteiger partial charge in [0, 0.05) is 58.3 Å². The smallest absolute Gasteiger partial charge is 0.137 e. The van der Waals surface area contributed by atoms with Crippen LogP contribution in [0.3, 0.4) is 0 Å². The van der Waals surface area contributed by atoms with Gasteiger partial charge in [-0.05, 0) is 104 Å². The Labute approximate surface area is 371 Å². The number of pyridine rings is 1. The number of hydrogen-bond donors (Lipinski definition) is 0. The molecule has 61 heavy (non-hydrogen) atoms. The van der Waals surface area contributed by atoms with Crippen molar-refractivity contribution in [2.45, 2.75) is 53.7 Å². The first-order chi connectivity index (χ1) is 33.1. The lowest BCUT2D eigenvalue weighted by molar-refractivity contribution is 0.483. The fourth-order valence-corrected chi connectivity index (χ4v) is 8.77. The van der Waals surface area contributed by atoms with Gasteiger partial charge in [0.1, 0.15) is 24.0 Å². The largest absolute Gasteiger partial charge is 0.457 e. The van der Waals surface area contributed by atoms with Crippen LogP contribution in [0.2, 0.25) is 0 Å². The Balaban J connectivity index is 1.08. The van der Waals surface area contributed by atoms with Gasteiger partial charge in [-0.15, -0.1) is 0 Å². The van der Waals surface area contributed by atoms with Crippen LogP contribution < -0.4 is 14.5 Å². The maximum atomic E-state index is 8.34. The number of rotatable bonds is 7. The number of benzene rings is 7. The average Bonchev–Trinajstić information content (AvgIpc) is 3.86. The minimum Gasteiger partial charge on any atom is -0.457 e. The first-order valence-corrected chi connectivity index (χ1v) is 20.5. The summed E-state index contributed by atoms with van der Waals surface area (Å²) < 4.78 is 83.9. The van der Waals surface area contributed by atoms with Crippen molar-refractivity contribution >= 4 is 44.6 Å². The summed E-state index contributed by atoms with van der Waals surface area (Å²) in [7, 11) is 0. The van der Waals surface area contributed by atoms with E-state index in [1.807, 2.05) is 104 Å². The van der Waals surface area contributed by atoms with Crippen LogP contribution in [0.15, 0.2) is 164 Å². The van der Waals surface area contributed by atoms with Crippen LogP contribution in [-0.4, -0.2) is 16.2 Å². The van der Waals surface area contributed by atoms with Crippen molar-refractivity contribution < 1.29 is 17.1 Å². The molecule has 0 unspecified atom stereocenters. The highest BCUT2D eigenvalue weighted by Crippen LogP contribution is 2.50. The van der Waals surface area contributed by atoms with Crippen LogP contribution in [0.25, 0.3) is 49.9 Å². The van der Waals surface area contributed by atoms with Crippen molar-refractivity contribution in [1.82, 2.24) is 9.55 Å². The summed E-state index contributed by atoms with van der Waals surface area (Å²) in [4.78, 5) is 9.13. The number of fused-ring (bicyclic) bond motifs is 4. The number of anilines is 4. The molecule has 7 aromatic carbocycles. The maximum absolute atomic E-state index is 8.34. The van der Waals surface area contributed by atoms with Gasteiger partial charge in [-0.3, -0.25) is 4.57 Å². The average molecular weight is 804 g/mol. The third kappa shape index (κ3) is 7.00. The maximum Gasteiger partial charge on any atom is 0.137 e. The molecule has 3 heterocycles. The molecule has 300 valence electrons. The van der Waals surface area contributed by atoms with Crippen molar-refractivity contribution in [1.29, 1.82) is 0 Å². The molecule has 9 aromatic rings. The SMILES string of the molecule is [2H]C([2H])([2H])c1cc(C)cc(-c2cccc(-c3cc(C([2H])([2H])[2H])cc(C([2H])([2H])[2H])c3)c2N2CN(c3cccc(Oc4ccc5c6ccccc6n(-c6cc(C(C)(C)C)ccn6)c5c4)c3)c3ccccc32)c1. The molecule has 0 radical (unpaired) electrons. The van der Waals surface area contributed by atoms with Crippen LogP contribution in [0.4, 0.5) is 22.7 Å². The van der Waals surface area contributed by atoms with E-state index in [1.54, 1.807) is 12.1 Å². The molecule has 0 saturated carbocycles. The van der Waals surface area contributed by atoms with Gasteiger partial charge in [-0.2, -0.15) is 0 Å². The van der Waals surface area contributed by atoms with E-state index in [0.29, 0.717) is 39.4 Å². The summed E-state index contributed by atoms with van der Waals surface area (Å²) in [5.41, 5.74) is 9.35. The molecule has 0 amide bonds. The minimum absolute atomic E-state index is 0.0700. The van der Waals surface area contributed by atoms with E-state index in [2.05, 4.69) is 71.5 Å². The third-order valence-electron chi connectivity index (χ3n) is 11.5. The van der Waals surface area contributed by atoms with E-state index < -0.39 is 20.6 Å². The fourth-order valence-electron chi connectivity index (χ4n) is 8.77. The molecule has 5 heteroatoms. The summed E-state index contributed by atoms with van der Waals surface area (Å²) in [6.45, 7) is 1.15. The van der Waals surface area contributed by atoms with Crippen LogP contribution >= 0.6 is 0 Å². The van der Waals surface area contributed by atoms with E-state index in [9.17, 15) is 0 Å². The zero-order valence-corrected chi connectivity index (χ0v) is 34.5.